The Labute approximate surface area is 155 Å². The molecule has 0 aliphatic rings. The maximum atomic E-state index is 5.31. The van der Waals surface area contributed by atoms with Gasteiger partial charge < -0.3 is 14.2 Å². The fourth-order valence-corrected chi connectivity index (χ4v) is 5.83. The van der Waals surface area contributed by atoms with Gasteiger partial charge in [0.05, 0.1) is 21.3 Å². The van der Waals surface area contributed by atoms with Gasteiger partial charge in [0.2, 0.25) is 0 Å². The van der Waals surface area contributed by atoms with E-state index in [0.717, 1.165) is 17.2 Å². The van der Waals surface area contributed by atoms with Crippen LogP contribution in [0.4, 0.5) is 0 Å². The molecule has 3 aromatic carbocycles. The zero-order valence-electron chi connectivity index (χ0n) is 15.3. The average molecular weight is 366 g/mol. The van der Waals surface area contributed by atoms with Crippen LogP contribution in [0.3, 0.4) is 0 Å². The molecular weight excluding hydrogens is 343 g/mol. The zero-order valence-corrected chi connectivity index (χ0v) is 16.2. The Morgan fingerprint density at radius 1 is 0.500 bits per heavy atom. The van der Waals surface area contributed by atoms with Gasteiger partial charge in [0, 0.05) is 0 Å². The highest BCUT2D eigenvalue weighted by molar-refractivity contribution is 7.93. The molecule has 0 saturated heterocycles. The van der Waals surface area contributed by atoms with Crippen LogP contribution < -0.4 is 30.1 Å². The lowest BCUT2D eigenvalue weighted by molar-refractivity contribution is 0.415. The molecule has 0 atom stereocenters. The van der Waals surface area contributed by atoms with Crippen molar-refractivity contribution >= 4 is 29.1 Å². The lowest BCUT2D eigenvalue weighted by atomic mass is 10.3. The number of benzene rings is 3. The van der Waals surface area contributed by atoms with E-state index in [4.69, 9.17) is 20.5 Å². The quantitative estimate of drug-likeness (QED) is 0.626. The minimum atomic E-state index is -2.03. The molecule has 0 fully saturated rings. The summed E-state index contributed by atoms with van der Waals surface area (Å²) in [5, 5.41) is 3.57. The Bertz CT molecular complexity index is 775. The lowest BCUT2D eigenvalue weighted by Gasteiger charge is -2.27. The summed E-state index contributed by atoms with van der Waals surface area (Å²) >= 11 is 0. The van der Waals surface area contributed by atoms with Crippen molar-refractivity contribution in [3.05, 3.63) is 72.8 Å². The van der Waals surface area contributed by atoms with E-state index in [9.17, 15) is 0 Å². The normalized spacial score (nSPS) is 11.0. The van der Waals surface area contributed by atoms with Gasteiger partial charge in [0.25, 0.3) is 0 Å². The van der Waals surface area contributed by atoms with Crippen molar-refractivity contribution < 1.29 is 14.2 Å². The van der Waals surface area contributed by atoms with Gasteiger partial charge in [-0.15, -0.1) is 0 Å². The van der Waals surface area contributed by atoms with Crippen LogP contribution in [0.2, 0.25) is 0 Å². The molecule has 4 heteroatoms. The first kappa shape index (κ1) is 18.2. The van der Waals surface area contributed by atoms with Gasteiger partial charge in [0.15, 0.2) is 0 Å². The van der Waals surface area contributed by atoms with Crippen molar-refractivity contribution in [2.45, 2.75) is 0 Å². The molecule has 3 nitrogen and oxygen atoms in total. The highest BCUT2D eigenvalue weighted by Crippen LogP contribution is 2.42. The van der Waals surface area contributed by atoms with Gasteiger partial charge in [-0.25, -0.2) is 0 Å². The largest absolute Gasteiger partial charge is 0.497 e. The number of hydrogen-bond donors (Lipinski definition) is 0. The first-order valence-corrected chi connectivity index (χ1v) is 10.3. The first-order valence-electron chi connectivity index (χ1n) is 8.29. The molecule has 0 saturated carbocycles. The fraction of sp³-hybridized carbons (Fsp3) is 0.136. The average Bonchev–Trinajstić information content (AvgIpc) is 2.73. The maximum Gasteiger partial charge on any atom is 0.118 e. The molecular formula is C22H23O3P. The smallest absolute Gasteiger partial charge is 0.118 e. The van der Waals surface area contributed by atoms with Crippen LogP contribution in [0.5, 0.6) is 17.2 Å². The molecule has 0 N–H and O–H groups in total. The van der Waals surface area contributed by atoms with Gasteiger partial charge in [-0.1, -0.05) is 42.7 Å². The molecule has 0 heterocycles. The molecule has 0 amide bonds. The number of rotatable bonds is 6. The molecule has 0 aromatic heterocycles. The Morgan fingerprint density at radius 3 is 0.923 bits per heavy atom. The Balaban J connectivity index is 2.16. The van der Waals surface area contributed by atoms with E-state index in [1.54, 1.807) is 21.3 Å². The molecule has 0 aliphatic carbocycles. The minimum absolute atomic E-state index is 0.838. The van der Waals surface area contributed by atoms with Gasteiger partial charge in [-0.2, -0.15) is 0 Å². The summed E-state index contributed by atoms with van der Waals surface area (Å²) < 4.78 is 15.9. The topological polar surface area (TPSA) is 27.7 Å². The van der Waals surface area contributed by atoms with Crippen LogP contribution >= 0.6 is 6.89 Å². The highest BCUT2D eigenvalue weighted by atomic mass is 31.2. The van der Waals surface area contributed by atoms with E-state index in [1.807, 2.05) is 36.4 Å². The van der Waals surface area contributed by atoms with Crippen molar-refractivity contribution in [2.75, 3.05) is 21.3 Å². The summed E-state index contributed by atoms with van der Waals surface area (Å²) in [5.74, 6) is 2.51. The molecule has 0 radical (unpaired) electrons. The van der Waals surface area contributed by atoms with Crippen LogP contribution in [0.15, 0.2) is 72.8 Å². The molecule has 0 bridgehead atoms. The Hall–Kier alpha value is -2.64. The third kappa shape index (κ3) is 3.36. The van der Waals surface area contributed by atoms with E-state index < -0.39 is 6.89 Å². The predicted octanol–water partition coefficient (Wildman–Crippen LogP) is 3.44. The Morgan fingerprint density at radius 2 is 0.731 bits per heavy atom. The molecule has 0 unspecified atom stereocenters. The monoisotopic (exact) mass is 366 g/mol. The van der Waals surface area contributed by atoms with Crippen molar-refractivity contribution in [3.8, 4) is 17.2 Å². The van der Waals surface area contributed by atoms with Crippen LogP contribution in [0, 0.1) is 0 Å². The van der Waals surface area contributed by atoms with Gasteiger partial charge in [0.1, 0.15) is 17.2 Å². The van der Waals surface area contributed by atoms with Crippen LogP contribution in [0.1, 0.15) is 0 Å². The fourth-order valence-electron chi connectivity index (χ4n) is 2.96. The standard InChI is InChI=1S/C22H23O3P/c1-23-17-5-11-20(12-6-17)26(4,21-13-7-18(24-2)8-14-21)22-15-9-19(25-3)10-16-22/h5-16H,4H2,1-3H3. The van der Waals surface area contributed by atoms with Gasteiger partial charge in [-0.05, 0) is 59.2 Å². The summed E-state index contributed by atoms with van der Waals surface area (Å²) in [6.45, 7) is -2.03. The summed E-state index contributed by atoms with van der Waals surface area (Å²) in [5.41, 5.74) is 0. The van der Waals surface area contributed by atoms with E-state index >= 15 is 0 Å². The number of methoxy groups -OCH3 is 3. The second-order valence-electron chi connectivity index (χ2n) is 5.90. The molecule has 3 rings (SSSR count). The summed E-state index contributed by atoms with van der Waals surface area (Å²) in [6.07, 6.45) is 4.74. The van der Waals surface area contributed by atoms with Crippen molar-refractivity contribution in [1.82, 2.24) is 0 Å². The second-order valence-corrected chi connectivity index (χ2v) is 9.07. The third-order valence-electron chi connectivity index (χ3n) is 4.54. The molecule has 134 valence electrons. The second kappa shape index (κ2) is 7.72. The lowest BCUT2D eigenvalue weighted by Crippen LogP contribution is -2.25. The predicted molar refractivity (Wildman–Crippen MR) is 112 cm³/mol. The molecule has 0 spiro atoms. The van der Waals surface area contributed by atoms with Gasteiger partial charge in [-0.3, -0.25) is 0 Å². The number of ether oxygens (including phenoxy) is 3. The Kier molecular flexibility index (Phi) is 5.39. The highest BCUT2D eigenvalue weighted by Gasteiger charge is 2.22. The summed E-state index contributed by atoms with van der Waals surface area (Å²) in [4.78, 5) is 0. The molecule has 26 heavy (non-hydrogen) atoms. The van der Waals surface area contributed by atoms with Crippen molar-refractivity contribution in [1.29, 1.82) is 0 Å². The SMILES string of the molecule is C=P(c1ccc(OC)cc1)(c1ccc(OC)cc1)c1ccc(OC)cc1. The maximum absolute atomic E-state index is 5.31. The van der Waals surface area contributed by atoms with E-state index in [1.165, 1.54) is 15.9 Å². The molecule has 3 aromatic rings. The molecule has 0 aliphatic heterocycles. The van der Waals surface area contributed by atoms with Crippen molar-refractivity contribution in [3.63, 3.8) is 0 Å². The zero-order chi connectivity index (χ0) is 18.6. The third-order valence-corrected chi connectivity index (χ3v) is 8.08. The van der Waals surface area contributed by atoms with Gasteiger partial charge >= 0.3 is 0 Å². The number of hydrogen-bond acceptors (Lipinski definition) is 3. The van der Waals surface area contributed by atoms with E-state index in [0.29, 0.717) is 0 Å². The van der Waals surface area contributed by atoms with Crippen LogP contribution in [0.25, 0.3) is 0 Å². The summed E-state index contributed by atoms with van der Waals surface area (Å²) in [7, 11) is 5.03. The first-order chi connectivity index (χ1) is 12.6. The summed E-state index contributed by atoms with van der Waals surface area (Å²) in [6, 6.07) is 24.6. The van der Waals surface area contributed by atoms with Crippen molar-refractivity contribution in [2.24, 2.45) is 0 Å². The van der Waals surface area contributed by atoms with Crippen LogP contribution in [-0.2, 0) is 0 Å². The minimum Gasteiger partial charge on any atom is -0.497 e. The van der Waals surface area contributed by atoms with Crippen LogP contribution in [-0.4, -0.2) is 27.6 Å². The van der Waals surface area contributed by atoms with E-state index in [2.05, 4.69) is 36.4 Å². The van der Waals surface area contributed by atoms with E-state index in [-0.39, 0.29) is 0 Å².